The molecule has 0 saturated heterocycles. The van der Waals surface area contributed by atoms with Gasteiger partial charge in [-0.3, -0.25) is 9.97 Å². The van der Waals surface area contributed by atoms with E-state index >= 15 is 0 Å². The normalized spacial score (nSPS) is 9.66. The van der Waals surface area contributed by atoms with Gasteiger partial charge in [-0.15, -0.1) is 0 Å². The first-order valence-electron chi connectivity index (χ1n) is 8.39. The zero-order valence-electron chi connectivity index (χ0n) is 15.9. The van der Waals surface area contributed by atoms with Crippen molar-refractivity contribution in [3.05, 3.63) is 71.0 Å². The van der Waals surface area contributed by atoms with Crippen LogP contribution in [0.5, 0.6) is 11.5 Å². The number of hydrogen-bond acceptors (Lipinski definition) is 6. The fourth-order valence-electron chi connectivity index (χ4n) is 2.77. The third kappa shape index (κ3) is 4.30. The molecule has 4 rings (SSSR count). The van der Waals surface area contributed by atoms with Crippen molar-refractivity contribution in [3.63, 3.8) is 0 Å². The summed E-state index contributed by atoms with van der Waals surface area (Å²) in [7, 11) is 0. The van der Waals surface area contributed by atoms with Gasteiger partial charge < -0.3 is 10.2 Å². The zero-order valence-corrected chi connectivity index (χ0v) is 15.9. The minimum absolute atomic E-state index is 0. The van der Waals surface area contributed by atoms with Crippen molar-refractivity contribution in [1.82, 2.24) is 9.97 Å². The molecule has 0 unspecified atom stereocenters. The summed E-state index contributed by atoms with van der Waals surface area (Å²) in [5, 5.41) is 41.7. The van der Waals surface area contributed by atoms with Crippen molar-refractivity contribution in [2.45, 2.75) is 13.8 Å². The molecule has 0 aliphatic heterocycles. The van der Waals surface area contributed by atoms with Crippen LogP contribution < -0.4 is 10.2 Å². The standard InChI is InChI=1S/2C11H8N2O.Be/c2*1-7-2-4-9-8(6-12)3-5-10(14)11(9)13-7;/h2*2-5,14H,1H3;/q;;+2/p-2. The second kappa shape index (κ2) is 8.80. The van der Waals surface area contributed by atoms with Gasteiger partial charge in [-0.1, -0.05) is 23.6 Å². The van der Waals surface area contributed by atoms with Crippen molar-refractivity contribution in [2.24, 2.45) is 0 Å². The van der Waals surface area contributed by atoms with E-state index in [2.05, 4.69) is 9.97 Å². The molecular weight excluding hydrogens is 361 g/mol. The van der Waals surface area contributed by atoms with Crippen LogP contribution in [0.2, 0.25) is 0 Å². The van der Waals surface area contributed by atoms with Crippen molar-refractivity contribution in [2.75, 3.05) is 0 Å². The van der Waals surface area contributed by atoms with Crippen molar-refractivity contribution in [1.29, 1.82) is 10.5 Å². The molecule has 0 aliphatic rings. The first kappa shape index (κ1) is 21.3. The maximum atomic E-state index is 11.4. The Morgan fingerprint density at radius 3 is 1.38 bits per heavy atom. The number of hydrogen-bond donors (Lipinski definition) is 0. The van der Waals surface area contributed by atoms with Crippen LogP contribution in [0, 0.1) is 36.5 Å². The molecule has 2 heterocycles. The van der Waals surface area contributed by atoms with Gasteiger partial charge in [-0.25, -0.2) is 0 Å². The number of pyridine rings is 2. The fourth-order valence-corrected chi connectivity index (χ4v) is 2.77. The van der Waals surface area contributed by atoms with Crippen LogP contribution in [0.1, 0.15) is 22.5 Å². The van der Waals surface area contributed by atoms with Crippen LogP contribution in [0.15, 0.2) is 48.5 Å². The van der Waals surface area contributed by atoms with Crippen LogP contribution in [0.3, 0.4) is 0 Å². The maximum absolute atomic E-state index is 11.4. The van der Waals surface area contributed by atoms with Gasteiger partial charge in [0, 0.05) is 22.2 Å². The Morgan fingerprint density at radius 1 is 0.655 bits per heavy atom. The molecular formula is C22H14BeN4O2. The number of rotatable bonds is 0. The van der Waals surface area contributed by atoms with Crippen molar-refractivity contribution >= 4 is 31.9 Å². The zero-order chi connectivity index (χ0) is 20.3. The summed E-state index contributed by atoms with van der Waals surface area (Å²) in [5.74, 6) is -0.273. The molecule has 7 heteroatoms. The Balaban J connectivity index is 0.000000200. The molecule has 0 N–H and O–H groups in total. The summed E-state index contributed by atoms with van der Waals surface area (Å²) in [4.78, 5) is 8.24. The molecule has 0 fully saturated rings. The molecule has 0 radical (unpaired) electrons. The van der Waals surface area contributed by atoms with Crippen LogP contribution in [0.4, 0.5) is 0 Å². The topological polar surface area (TPSA) is 119 Å². The van der Waals surface area contributed by atoms with Gasteiger partial charge in [-0.2, -0.15) is 10.5 Å². The first-order chi connectivity index (χ1) is 13.4. The van der Waals surface area contributed by atoms with E-state index in [0.29, 0.717) is 32.9 Å². The predicted molar refractivity (Wildman–Crippen MR) is 107 cm³/mol. The summed E-state index contributed by atoms with van der Waals surface area (Å²) >= 11 is 0. The fraction of sp³-hybridized carbons (Fsp3) is 0.0909. The first-order valence-corrected chi connectivity index (χ1v) is 8.39. The monoisotopic (exact) mass is 375 g/mol. The summed E-state index contributed by atoms with van der Waals surface area (Å²) in [5.41, 5.74) is 3.31. The summed E-state index contributed by atoms with van der Waals surface area (Å²) in [6.07, 6.45) is 0. The van der Waals surface area contributed by atoms with E-state index in [1.165, 1.54) is 24.3 Å². The largest absolute Gasteiger partial charge is 2.00 e. The Bertz CT molecular complexity index is 1190. The molecule has 0 aliphatic carbocycles. The molecule has 29 heavy (non-hydrogen) atoms. The van der Waals surface area contributed by atoms with Gasteiger partial charge in [0.1, 0.15) is 0 Å². The average Bonchev–Trinajstić information content (AvgIpc) is 2.70. The Kier molecular flexibility index (Phi) is 6.47. The molecule has 2 aromatic carbocycles. The third-order valence-electron chi connectivity index (χ3n) is 4.16. The average molecular weight is 375 g/mol. The van der Waals surface area contributed by atoms with Crippen molar-refractivity contribution < 1.29 is 10.2 Å². The second-order valence-corrected chi connectivity index (χ2v) is 6.14. The van der Waals surface area contributed by atoms with E-state index in [1.807, 2.05) is 26.0 Å². The molecule has 2 aromatic heterocycles. The minimum Gasteiger partial charge on any atom is -0.871 e. The summed E-state index contributed by atoms with van der Waals surface area (Å²) in [6, 6.07) is 17.0. The molecule has 136 valence electrons. The van der Waals surface area contributed by atoms with Crippen LogP contribution in [-0.2, 0) is 0 Å². The Morgan fingerprint density at radius 2 is 1.03 bits per heavy atom. The van der Waals surface area contributed by atoms with Gasteiger partial charge in [0.2, 0.25) is 0 Å². The smallest absolute Gasteiger partial charge is 0.871 e. The van der Waals surface area contributed by atoms with Crippen LogP contribution >= 0.6 is 0 Å². The number of benzene rings is 2. The van der Waals surface area contributed by atoms with E-state index in [9.17, 15) is 10.2 Å². The third-order valence-corrected chi connectivity index (χ3v) is 4.16. The Labute approximate surface area is 171 Å². The van der Waals surface area contributed by atoms with Gasteiger partial charge in [0.05, 0.1) is 34.3 Å². The molecule has 0 amide bonds. The van der Waals surface area contributed by atoms with Gasteiger partial charge in [-0.05, 0) is 50.2 Å². The Hall–Kier alpha value is -3.99. The molecule has 0 saturated carbocycles. The molecule has 0 spiro atoms. The van der Waals surface area contributed by atoms with E-state index in [0.717, 1.165) is 11.4 Å². The van der Waals surface area contributed by atoms with Gasteiger partial charge >= 0.3 is 10.1 Å². The summed E-state index contributed by atoms with van der Waals surface area (Å²) in [6.45, 7) is 3.63. The molecule has 0 bridgehead atoms. The van der Waals surface area contributed by atoms with Gasteiger partial charge in [0.15, 0.2) is 0 Å². The number of aryl methyl sites for hydroxylation is 2. The molecule has 6 nitrogen and oxygen atoms in total. The quantitative estimate of drug-likeness (QED) is 0.436. The van der Waals surface area contributed by atoms with E-state index in [1.54, 1.807) is 24.3 Å². The van der Waals surface area contributed by atoms with E-state index in [-0.39, 0.29) is 21.6 Å². The predicted octanol–water partition coefficient (Wildman–Crippen LogP) is 2.60. The van der Waals surface area contributed by atoms with Crippen LogP contribution in [-0.4, -0.2) is 20.1 Å². The van der Waals surface area contributed by atoms with Gasteiger partial charge in [0.25, 0.3) is 0 Å². The van der Waals surface area contributed by atoms with E-state index < -0.39 is 0 Å². The van der Waals surface area contributed by atoms with E-state index in [4.69, 9.17) is 10.5 Å². The maximum Gasteiger partial charge on any atom is 2.00 e. The SMILES string of the molecule is Cc1ccc2c(C#N)ccc([O-])c2n1.Cc1ccc2c(C#N)ccc([O-])c2n1.[Be+2]. The number of fused-ring (bicyclic) bond motifs is 2. The summed E-state index contributed by atoms with van der Waals surface area (Å²) < 4.78 is 0. The number of nitrogens with zero attached hydrogens (tertiary/aromatic N) is 4. The number of aromatic nitrogens is 2. The minimum atomic E-state index is -0.136. The number of nitriles is 2. The second-order valence-electron chi connectivity index (χ2n) is 6.14. The molecule has 0 atom stereocenters. The van der Waals surface area contributed by atoms with Crippen molar-refractivity contribution in [3.8, 4) is 23.6 Å². The van der Waals surface area contributed by atoms with Crippen LogP contribution in [0.25, 0.3) is 21.8 Å². The molecule has 4 aromatic rings.